The largest absolute Gasteiger partial charge is 0.380 e. The van der Waals surface area contributed by atoms with E-state index in [-0.39, 0.29) is 5.56 Å². The Kier molecular flexibility index (Phi) is 2.50. The summed E-state index contributed by atoms with van der Waals surface area (Å²) in [5, 5.41) is 7.51. The Morgan fingerprint density at radius 2 is 2.19 bits per heavy atom. The van der Waals surface area contributed by atoms with Gasteiger partial charge in [0.1, 0.15) is 4.47 Å². The van der Waals surface area contributed by atoms with Gasteiger partial charge in [0.2, 0.25) is 0 Å². The van der Waals surface area contributed by atoms with Crippen LogP contribution in [-0.2, 0) is 6.54 Å². The maximum atomic E-state index is 12.0. The summed E-state index contributed by atoms with van der Waals surface area (Å²) in [4.78, 5) is 12.0. The first-order valence-electron chi connectivity index (χ1n) is 5.76. The lowest BCUT2D eigenvalue weighted by Crippen LogP contribution is -2.25. The molecule has 0 amide bonds. The summed E-state index contributed by atoms with van der Waals surface area (Å²) in [7, 11) is 0. The van der Waals surface area contributed by atoms with Crippen molar-refractivity contribution >= 4 is 21.6 Å². The van der Waals surface area contributed by atoms with Crippen molar-refractivity contribution in [3.63, 3.8) is 0 Å². The summed E-state index contributed by atoms with van der Waals surface area (Å²) in [6, 6.07) is 0.539. The van der Waals surface area contributed by atoms with Gasteiger partial charge in [-0.05, 0) is 47.5 Å². The van der Waals surface area contributed by atoms with Gasteiger partial charge in [-0.15, -0.1) is 0 Å². The highest BCUT2D eigenvalue weighted by Crippen LogP contribution is 2.30. The first kappa shape index (κ1) is 10.3. The summed E-state index contributed by atoms with van der Waals surface area (Å²) < 4.78 is 2.19. The fraction of sp³-hybridized carbons (Fsp3) is 0.636. The van der Waals surface area contributed by atoms with Crippen molar-refractivity contribution in [2.45, 2.75) is 38.3 Å². The van der Waals surface area contributed by atoms with E-state index >= 15 is 0 Å². The molecule has 86 valence electrons. The molecular weight excluding hydrogens is 270 g/mol. The van der Waals surface area contributed by atoms with Crippen LogP contribution in [0.4, 0.5) is 5.69 Å². The van der Waals surface area contributed by atoms with Crippen LogP contribution in [0.3, 0.4) is 0 Å². The molecular formula is C11H14BrN3O. The number of halogens is 1. The fourth-order valence-electron chi connectivity index (χ4n) is 1.69. The number of nitrogens with zero attached hydrogens (tertiary/aromatic N) is 2. The minimum Gasteiger partial charge on any atom is -0.380 e. The Hall–Kier alpha value is -0.840. The summed E-state index contributed by atoms with van der Waals surface area (Å²) in [6.07, 6.45) is 6.60. The van der Waals surface area contributed by atoms with Crippen LogP contribution in [0.25, 0.3) is 0 Å². The molecule has 1 heterocycles. The predicted octanol–water partition coefficient (Wildman–Crippen LogP) is 1.99. The molecule has 1 aromatic rings. The Morgan fingerprint density at radius 3 is 2.81 bits per heavy atom. The van der Waals surface area contributed by atoms with Gasteiger partial charge in [0.15, 0.2) is 0 Å². The van der Waals surface area contributed by atoms with Crippen molar-refractivity contribution in [1.29, 1.82) is 0 Å². The highest BCUT2D eigenvalue weighted by Gasteiger charge is 2.25. The third-order valence-electron chi connectivity index (χ3n) is 3.05. The van der Waals surface area contributed by atoms with Gasteiger partial charge >= 0.3 is 0 Å². The molecule has 0 atom stereocenters. The number of nitrogens with one attached hydrogen (secondary N) is 1. The normalized spacial score (nSPS) is 19.8. The fourth-order valence-corrected chi connectivity index (χ4v) is 2.11. The van der Waals surface area contributed by atoms with Gasteiger partial charge in [-0.3, -0.25) is 4.79 Å². The highest BCUT2D eigenvalue weighted by molar-refractivity contribution is 9.10. The second-order valence-corrected chi connectivity index (χ2v) is 5.51. The molecule has 0 unspecified atom stereocenters. The van der Waals surface area contributed by atoms with Crippen molar-refractivity contribution in [2.24, 2.45) is 5.92 Å². The van der Waals surface area contributed by atoms with E-state index in [2.05, 4.69) is 26.3 Å². The lowest BCUT2D eigenvalue weighted by Gasteiger charge is -2.09. The second kappa shape index (κ2) is 3.87. The minimum absolute atomic E-state index is 0.0162. The topological polar surface area (TPSA) is 46.9 Å². The Bertz CT molecular complexity index is 463. The average Bonchev–Trinajstić information content (AvgIpc) is 3.12. The number of aromatic nitrogens is 2. The number of hydrogen-bond donors (Lipinski definition) is 1. The SMILES string of the molecule is O=c1c(Br)c(NC2CC2)cnn1CC1CC1. The third kappa shape index (κ3) is 2.14. The van der Waals surface area contributed by atoms with E-state index in [0.717, 1.165) is 12.2 Å². The molecule has 3 rings (SSSR count). The molecule has 0 saturated heterocycles. The monoisotopic (exact) mass is 283 g/mol. The number of hydrogen-bond acceptors (Lipinski definition) is 3. The lowest BCUT2D eigenvalue weighted by atomic mass is 10.4. The minimum atomic E-state index is -0.0162. The van der Waals surface area contributed by atoms with Gasteiger partial charge in [-0.2, -0.15) is 5.10 Å². The molecule has 0 radical (unpaired) electrons. The van der Waals surface area contributed by atoms with Crippen LogP contribution in [0.1, 0.15) is 25.7 Å². The molecule has 0 aliphatic heterocycles. The number of anilines is 1. The van der Waals surface area contributed by atoms with Crippen molar-refractivity contribution in [3.05, 3.63) is 21.0 Å². The Morgan fingerprint density at radius 1 is 1.44 bits per heavy atom. The van der Waals surface area contributed by atoms with Gasteiger partial charge in [0.05, 0.1) is 11.9 Å². The zero-order chi connectivity index (χ0) is 11.1. The maximum absolute atomic E-state index is 12.0. The molecule has 1 aromatic heterocycles. The van der Waals surface area contributed by atoms with E-state index in [1.165, 1.54) is 25.7 Å². The molecule has 0 aromatic carbocycles. The van der Waals surface area contributed by atoms with Crippen LogP contribution in [0, 0.1) is 5.92 Å². The highest BCUT2D eigenvalue weighted by atomic mass is 79.9. The van der Waals surface area contributed by atoms with Gasteiger partial charge in [0, 0.05) is 12.6 Å². The van der Waals surface area contributed by atoms with Crippen LogP contribution in [0.2, 0.25) is 0 Å². The molecule has 2 aliphatic carbocycles. The standard InChI is InChI=1S/C11H14BrN3O/c12-10-9(14-8-3-4-8)5-13-15(11(10)16)6-7-1-2-7/h5,7-8,14H,1-4,6H2. The third-order valence-corrected chi connectivity index (χ3v) is 3.82. The van der Waals surface area contributed by atoms with E-state index in [1.807, 2.05) is 0 Å². The van der Waals surface area contributed by atoms with Crippen LogP contribution >= 0.6 is 15.9 Å². The van der Waals surface area contributed by atoms with Crippen LogP contribution in [0.15, 0.2) is 15.5 Å². The first-order chi connectivity index (χ1) is 7.74. The van der Waals surface area contributed by atoms with Crippen LogP contribution in [0.5, 0.6) is 0 Å². The Labute approximate surface area is 102 Å². The second-order valence-electron chi connectivity index (χ2n) is 4.72. The predicted molar refractivity (Wildman–Crippen MR) is 65.6 cm³/mol. The van der Waals surface area contributed by atoms with Crippen molar-refractivity contribution in [1.82, 2.24) is 9.78 Å². The summed E-state index contributed by atoms with van der Waals surface area (Å²) in [5.74, 6) is 0.666. The van der Waals surface area contributed by atoms with E-state index in [9.17, 15) is 4.79 Å². The Balaban J connectivity index is 1.84. The van der Waals surface area contributed by atoms with E-state index in [0.29, 0.717) is 16.4 Å². The zero-order valence-electron chi connectivity index (χ0n) is 8.95. The molecule has 4 nitrogen and oxygen atoms in total. The van der Waals surface area contributed by atoms with Gasteiger partial charge in [0.25, 0.3) is 5.56 Å². The lowest BCUT2D eigenvalue weighted by molar-refractivity contribution is 0.532. The van der Waals surface area contributed by atoms with E-state index < -0.39 is 0 Å². The molecule has 0 bridgehead atoms. The summed E-state index contributed by atoms with van der Waals surface area (Å²) >= 11 is 3.36. The van der Waals surface area contributed by atoms with Gasteiger partial charge in [-0.1, -0.05) is 0 Å². The van der Waals surface area contributed by atoms with Crippen molar-refractivity contribution in [3.8, 4) is 0 Å². The van der Waals surface area contributed by atoms with Crippen LogP contribution < -0.4 is 10.9 Å². The summed E-state index contributed by atoms with van der Waals surface area (Å²) in [5.41, 5.74) is 0.817. The molecule has 2 aliphatic rings. The first-order valence-corrected chi connectivity index (χ1v) is 6.55. The maximum Gasteiger partial charge on any atom is 0.283 e. The molecule has 5 heteroatoms. The smallest absolute Gasteiger partial charge is 0.283 e. The molecule has 16 heavy (non-hydrogen) atoms. The number of rotatable bonds is 4. The van der Waals surface area contributed by atoms with Gasteiger partial charge < -0.3 is 5.32 Å². The zero-order valence-corrected chi connectivity index (χ0v) is 10.5. The molecule has 2 saturated carbocycles. The molecule has 2 fully saturated rings. The average molecular weight is 284 g/mol. The van der Waals surface area contributed by atoms with Crippen molar-refractivity contribution < 1.29 is 0 Å². The molecule has 1 N–H and O–H groups in total. The van der Waals surface area contributed by atoms with E-state index in [4.69, 9.17) is 0 Å². The van der Waals surface area contributed by atoms with Gasteiger partial charge in [-0.25, -0.2) is 4.68 Å². The molecule has 0 spiro atoms. The quantitative estimate of drug-likeness (QED) is 0.919. The van der Waals surface area contributed by atoms with E-state index in [1.54, 1.807) is 10.9 Å². The summed E-state index contributed by atoms with van der Waals surface area (Å²) in [6.45, 7) is 0.765. The van der Waals surface area contributed by atoms with Crippen LogP contribution in [-0.4, -0.2) is 15.8 Å². The van der Waals surface area contributed by atoms with Crippen molar-refractivity contribution in [2.75, 3.05) is 5.32 Å².